The fourth-order valence-electron chi connectivity index (χ4n) is 0.257. The number of hydrogen-bond acceptors (Lipinski definition) is 4. The van der Waals surface area contributed by atoms with Crippen molar-refractivity contribution in [3.8, 4) is 0 Å². The summed E-state index contributed by atoms with van der Waals surface area (Å²) < 4.78 is 8.74. The number of carbonyl (C=O) groups is 1. The Kier molecular flexibility index (Phi) is 19.2. The van der Waals surface area contributed by atoms with Crippen molar-refractivity contribution in [3.05, 3.63) is 0 Å². The maximum atomic E-state index is 9.34. The zero-order valence-corrected chi connectivity index (χ0v) is 7.08. The number of rotatable bonds is 5. The molecular weight excluding hydrogens is 148 g/mol. The predicted molar refractivity (Wildman–Crippen MR) is 41.3 cm³/mol. The number of ether oxygens (including phenoxy) is 2. The van der Waals surface area contributed by atoms with Gasteiger partial charge in [-0.25, -0.2) is 0 Å². The van der Waals surface area contributed by atoms with Gasteiger partial charge < -0.3 is 14.6 Å². The van der Waals surface area contributed by atoms with Gasteiger partial charge in [0.05, 0.1) is 19.8 Å². The van der Waals surface area contributed by atoms with Gasteiger partial charge in [-0.05, 0) is 6.42 Å². The molecule has 0 rings (SSSR count). The fourth-order valence-corrected chi connectivity index (χ4v) is 0.257. The number of methoxy groups -OCH3 is 1. The highest BCUT2D eigenvalue weighted by Gasteiger charge is 1.71. The van der Waals surface area contributed by atoms with Gasteiger partial charge in [0.2, 0.25) is 0 Å². The molecule has 0 aliphatic heterocycles. The molecule has 11 heavy (non-hydrogen) atoms. The molecule has 0 aliphatic carbocycles. The SMILES string of the molecule is CCCOC=O.COCCO. The van der Waals surface area contributed by atoms with Gasteiger partial charge >= 0.3 is 0 Å². The lowest BCUT2D eigenvalue weighted by Crippen LogP contribution is -1.91. The van der Waals surface area contributed by atoms with Crippen LogP contribution in [0.1, 0.15) is 13.3 Å². The van der Waals surface area contributed by atoms with Crippen LogP contribution in [0.2, 0.25) is 0 Å². The molecule has 0 aliphatic rings. The Balaban J connectivity index is 0. The number of aliphatic hydroxyl groups is 1. The molecule has 0 radical (unpaired) electrons. The predicted octanol–water partition coefficient (Wildman–Crippen LogP) is 0.194. The van der Waals surface area contributed by atoms with E-state index in [1.807, 2.05) is 6.92 Å². The number of aliphatic hydroxyl groups excluding tert-OH is 1. The van der Waals surface area contributed by atoms with Gasteiger partial charge in [-0.3, -0.25) is 4.79 Å². The fraction of sp³-hybridized carbons (Fsp3) is 0.857. The molecule has 0 aromatic rings. The van der Waals surface area contributed by atoms with Crippen LogP contribution in [0.25, 0.3) is 0 Å². The summed E-state index contributed by atoms with van der Waals surface area (Å²) in [5, 5.41) is 7.94. The quantitative estimate of drug-likeness (QED) is 0.465. The van der Waals surface area contributed by atoms with Crippen LogP contribution in [-0.4, -0.2) is 38.5 Å². The van der Waals surface area contributed by atoms with Crippen LogP contribution < -0.4 is 0 Å². The smallest absolute Gasteiger partial charge is 0.293 e. The van der Waals surface area contributed by atoms with E-state index in [2.05, 4.69) is 9.47 Å². The van der Waals surface area contributed by atoms with Crippen LogP contribution in [-0.2, 0) is 14.3 Å². The van der Waals surface area contributed by atoms with Crippen molar-refractivity contribution in [1.29, 1.82) is 0 Å². The van der Waals surface area contributed by atoms with Gasteiger partial charge in [-0.2, -0.15) is 0 Å². The van der Waals surface area contributed by atoms with Crippen LogP contribution in [0.15, 0.2) is 0 Å². The van der Waals surface area contributed by atoms with Crippen molar-refractivity contribution in [1.82, 2.24) is 0 Å². The Labute approximate surface area is 67.1 Å². The highest BCUT2D eigenvalue weighted by molar-refractivity contribution is 5.36. The van der Waals surface area contributed by atoms with E-state index in [1.54, 1.807) is 7.11 Å². The van der Waals surface area contributed by atoms with Gasteiger partial charge in [-0.15, -0.1) is 0 Å². The average molecular weight is 164 g/mol. The molecule has 0 spiro atoms. The van der Waals surface area contributed by atoms with Crippen LogP contribution in [0, 0.1) is 0 Å². The van der Waals surface area contributed by atoms with Crippen LogP contribution in [0.4, 0.5) is 0 Å². The van der Waals surface area contributed by atoms with Crippen molar-refractivity contribution in [2.24, 2.45) is 0 Å². The molecule has 0 fully saturated rings. The van der Waals surface area contributed by atoms with E-state index < -0.39 is 0 Å². The molecule has 0 aromatic heterocycles. The van der Waals surface area contributed by atoms with Crippen molar-refractivity contribution < 1.29 is 19.4 Å². The minimum atomic E-state index is 0.122. The van der Waals surface area contributed by atoms with Crippen molar-refractivity contribution >= 4 is 6.47 Å². The topological polar surface area (TPSA) is 55.8 Å². The van der Waals surface area contributed by atoms with Gasteiger partial charge in [0, 0.05) is 7.11 Å². The maximum Gasteiger partial charge on any atom is 0.293 e. The van der Waals surface area contributed by atoms with Crippen molar-refractivity contribution in [2.75, 3.05) is 26.9 Å². The molecule has 1 N–H and O–H groups in total. The largest absolute Gasteiger partial charge is 0.468 e. The van der Waals surface area contributed by atoms with Crippen LogP contribution in [0.5, 0.6) is 0 Å². The monoisotopic (exact) mass is 164 g/mol. The van der Waals surface area contributed by atoms with E-state index in [4.69, 9.17) is 5.11 Å². The average Bonchev–Trinajstić information content (AvgIpc) is 2.04. The van der Waals surface area contributed by atoms with Gasteiger partial charge in [-0.1, -0.05) is 6.92 Å². The summed E-state index contributed by atoms with van der Waals surface area (Å²) in [5.74, 6) is 0. The molecule has 0 amide bonds. The second kappa shape index (κ2) is 16.2. The third kappa shape index (κ3) is 26.6. The second-order valence-corrected chi connectivity index (χ2v) is 1.68. The third-order valence-corrected chi connectivity index (χ3v) is 0.685. The summed E-state index contributed by atoms with van der Waals surface area (Å²) >= 11 is 0. The Bertz CT molecular complexity index is 63.5. The summed E-state index contributed by atoms with van der Waals surface area (Å²) in [4.78, 5) is 9.34. The van der Waals surface area contributed by atoms with Gasteiger partial charge in [0.25, 0.3) is 6.47 Å². The van der Waals surface area contributed by atoms with Crippen molar-refractivity contribution in [2.45, 2.75) is 13.3 Å². The molecule has 0 saturated carbocycles. The van der Waals surface area contributed by atoms with Gasteiger partial charge in [0.1, 0.15) is 0 Å². The molecule has 68 valence electrons. The Morgan fingerprint density at radius 3 is 2.18 bits per heavy atom. The Hall–Kier alpha value is -0.610. The van der Waals surface area contributed by atoms with E-state index in [-0.39, 0.29) is 6.61 Å². The van der Waals surface area contributed by atoms with E-state index in [0.717, 1.165) is 6.42 Å². The second-order valence-electron chi connectivity index (χ2n) is 1.68. The Morgan fingerprint density at radius 2 is 2.09 bits per heavy atom. The molecule has 4 nitrogen and oxygen atoms in total. The van der Waals surface area contributed by atoms with E-state index in [1.165, 1.54) is 0 Å². The first-order chi connectivity index (χ1) is 5.33. The molecule has 0 aromatic carbocycles. The molecule has 0 bridgehead atoms. The standard InChI is InChI=1S/C4H8O2.C3H8O2/c1-2-3-6-4-5;1-5-3-2-4/h4H,2-3H2,1H3;4H,2-3H2,1H3. The van der Waals surface area contributed by atoms with Gasteiger partial charge in [0.15, 0.2) is 0 Å². The molecule has 0 heterocycles. The number of hydrogen-bond donors (Lipinski definition) is 1. The summed E-state index contributed by atoms with van der Waals surface area (Å²) in [6.45, 7) is 3.52. The Morgan fingerprint density at radius 1 is 1.45 bits per heavy atom. The normalized spacial score (nSPS) is 7.91. The maximum absolute atomic E-state index is 9.34. The highest BCUT2D eigenvalue weighted by Crippen LogP contribution is 1.71. The van der Waals surface area contributed by atoms with Crippen LogP contribution in [0.3, 0.4) is 0 Å². The first-order valence-corrected chi connectivity index (χ1v) is 3.48. The lowest BCUT2D eigenvalue weighted by atomic mass is 10.5. The summed E-state index contributed by atoms with van der Waals surface area (Å²) in [6.07, 6.45) is 0.902. The summed E-state index contributed by atoms with van der Waals surface area (Å²) in [5.41, 5.74) is 0. The summed E-state index contributed by atoms with van der Waals surface area (Å²) in [7, 11) is 1.55. The van der Waals surface area contributed by atoms with Crippen LogP contribution >= 0.6 is 0 Å². The zero-order chi connectivity index (χ0) is 8.95. The first-order valence-electron chi connectivity index (χ1n) is 3.48. The van der Waals surface area contributed by atoms with E-state index in [9.17, 15) is 4.79 Å². The lowest BCUT2D eigenvalue weighted by Gasteiger charge is -1.86. The highest BCUT2D eigenvalue weighted by atomic mass is 16.5. The lowest BCUT2D eigenvalue weighted by molar-refractivity contribution is -0.128. The van der Waals surface area contributed by atoms with E-state index >= 15 is 0 Å². The molecular formula is C7H16O4. The molecule has 0 saturated heterocycles. The minimum absolute atomic E-state index is 0.122. The first kappa shape index (κ1) is 13.0. The van der Waals surface area contributed by atoms with Crippen molar-refractivity contribution in [3.63, 3.8) is 0 Å². The molecule has 0 unspecified atom stereocenters. The third-order valence-electron chi connectivity index (χ3n) is 0.685. The summed E-state index contributed by atoms with van der Waals surface area (Å²) in [6, 6.07) is 0. The minimum Gasteiger partial charge on any atom is -0.468 e. The molecule has 4 heteroatoms. The number of carbonyl (C=O) groups excluding carboxylic acids is 1. The zero-order valence-electron chi connectivity index (χ0n) is 7.08. The molecule has 0 atom stereocenters. The van der Waals surface area contributed by atoms with E-state index in [0.29, 0.717) is 19.7 Å².